The maximum absolute atomic E-state index is 9.88. The first-order valence-corrected chi connectivity index (χ1v) is 9.84. The summed E-state index contributed by atoms with van der Waals surface area (Å²) in [5.41, 5.74) is 0. The van der Waals surface area contributed by atoms with Crippen LogP contribution in [0, 0.1) is 29.6 Å². The Hall–Kier alpha value is 0.230. The average molecular weight is 332 g/mol. The van der Waals surface area contributed by atoms with Gasteiger partial charge in [0.15, 0.2) is 0 Å². The molecule has 0 aromatic heterocycles. The fourth-order valence-electron chi connectivity index (χ4n) is 4.34. The van der Waals surface area contributed by atoms with Crippen LogP contribution in [0.5, 0.6) is 0 Å². The van der Waals surface area contributed by atoms with Crippen LogP contribution in [-0.4, -0.2) is 5.25 Å². The van der Waals surface area contributed by atoms with Crippen molar-refractivity contribution in [2.24, 2.45) is 29.6 Å². The molecular weight excluding hydrogens is 296 g/mol. The highest BCUT2D eigenvalue weighted by Gasteiger charge is 2.27. The van der Waals surface area contributed by atoms with E-state index in [0.29, 0.717) is 5.25 Å². The molecule has 0 aromatic carbocycles. The van der Waals surface area contributed by atoms with Gasteiger partial charge in [-0.2, -0.15) is 4.33 Å². The number of hydrogen-bond donors (Lipinski definition) is 0. The van der Waals surface area contributed by atoms with Crippen LogP contribution in [0.15, 0.2) is 0 Å². The van der Waals surface area contributed by atoms with E-state index < -0.39 is 0 Å². The highest BCUT2D eigenvalue weighted by molar-refractivity contribution is 7.95. The summed E-state index contributed by atoms with van der Waals surface area (Å²) >= 11 is 1.20. The van der Waals surface area contributed by atoms with Gasteiger partial charge in [-0.05, 0) is 74.5 Å². The van der Waals surface area contributed by atoms with E-state index >= 15 is 0 Å². The predicted molar refractivity (Wildman–Crippen MR) is 91.7 cm³/mol. The van der Waals surface area contributed by atoms with Crippen molar-refractivity contribution in [2.75, 3.05) is 0 Å². The molecule has 0 N–H and O–H groups in total. The molecule has 0 aromatic rings. The molecule has 1 rings (SSSR count). The van der Waals surface area contributed by atoms with Gasteiger partial charge in [-0.25, -0.2) is 0 Å². The summed E-state index contributed by atoms with van der Waals surface area (Å²) in [6, 6.07) is 0. The first-order chi connectivity index (χ1) is 10.4. The van der Waals surface area contributed by atoms with Gasteiger partial charge >= 0.3 is 0 Å². The lowest BCUT2D eigenvalue weighted by Gasteiger charge is -2.33. The highest BCUT2D eigenvalue weighted by atomic mass is 32.2. The second-order valence-corrected chi connectivity index (χ2v) is 9.05. The van der Waals surface area contributed by atoms with Crippen molar-refractivity contribution < 1.29 is 14.6 Å². The summed E-state index contributed by atoms with van der Waals surface area (Å²) in [5, 5.41) is 13.8. The molecule has 4 heteroatoms. The third-order valence-corrected chi connectivity index (χ3v) is 6.06. The molecule has 0 saturated heterocycles. The van der Waals surface area contributed by atoms with Crippen LogP contribution in [0.4, 0.5) is 0 Å². The van der Waals surface area contributed by atoms with Gasteiger partial charge in [-0.3, -0.25) is 5.04 Å². The summed E-state index contributed by atoms with van der Waals surface area (Å²) in [7, 11) is 0. The zero-order chi connectivity index (χ0) is 16.5. The molecule has 0 bridgehead atoms. The van der Waals surface area contributed by atoms with Crippen molar-refractivity contribution in [3.05, 3.63) is 0 Å². The minimum Gasteiger partial charge on any atom is -0.691 e. The number of hydrogen-bond acceptors (Lipinski definition) is 4. The van der Waals surface area contributed by atoms with Gasteiger partial charge in [0.2, 0.25) is 0 Å². The van der Waals surface area contributed by atoms with Gasteiger partial charge in [0.05, 0.1) is 0 Å². The van der Waals surface area contributed by atoms with Crippen molar-refractivity contribution in [3.63, 3.8) is 0 Å². The molecule has 0 radical (unpaired) electrons. The lowest BCUT2D eigenvalue weighted by molar-refractivity contribution is -0.777. The Morgan fingerprint density at radius 1 is 0.909 bits per heavy atom. The monoisotopic (exact) mass is 331 g/mol. The van der Waals surface area contributed by atoms with Crippen LogP contribution in [0.2, 0.25) is 0 Å². The Morgan fingerprint density at radius 2 is 1.50 bits per heavy atom. The lowest BCUT2D eigenvalue weighted by atomic mass is 9.76. The summed E-state index contributed by atoms with van der Waals surface area (Å²) in [6.07, 6.45) is 8.86. The minimum atomic E-state index is 0.431. The zero-order valence-electron chi connectivity index (χ0n) is 15.0. The molecule has 1 aliphatic rings. The van der Waals surface area contributed by atoms with Gasteiger partial charge in [-0.15, -0.1) is 0 Å². The van der Waals surface area contributed by atoms with Crippen molar-refractivity contribution in [3.8, 4) is 0 Å². The fraction of sp³-hybridized carbons (Fsp3) is 1.00. The van der Waals surface area contributed by atoms with Crippen LogP contribution in [0.3, 0.4) is 0 Å². The van der Waals surface area contributed by atoms with Crippen LogP contribution in [0.1, 0.15) is 79.6 Å². The fourth-order valence-corrected chi connectivity index (χ4v) is 4.94. The maximum Gasteiger partial charge on any atom is 0.0342 e. The average Bonchev–Trinajstić information content (AvgIpc) is 2.44. The first-order valence-electron chi connectivity index (χ1n) is 9.04. The second kappa shape index (κ2) is 10.9. The standard InChI is InChI=1S/C18H36O3S/c1-13(2)10-14(3)11-15(4)12-16(5)17-6-8-18(9-7-17)22-21-20-19/h13-19H,6-12H2,1-5H3/p-1. The van der Waals surface area contributed by atoms with E-state index in [1.54, 1.807) is 0 Å². The summed E-state index contributed by atoms with van der Waals surface area (Å²) in [4.78, 5) is 0. The molecule has 3 nitrogen and oxygen atoms in total. The van der Waals surface area contributed by atoms with Crippen LogP contribution < -0.4 is 5.26 Å². The topological polar surface area (TPSA) is 41.5 Å². The van der Waals surface area contributed by atoms with E-state index in [4.69, 9.17) is 0 Å². The lowest BCUT2D eigenvalue weighted by Crippen LogP contribution is -2.23. The van der Waals surface area contributed by atoms with Gasteiger partial charge in [0.25, 0.3) is 0 Å². The van der Waals surface area contributed by atoms with Crippen LogP contribution in [-0.2, 0) is 9.37 Å². The Balaban J connectivity index is 2.23. The molecule has 132 valence electrons. The molecular formula is C18H35O3S-. The van der Waals surface area contributed by atoms with Gasteiger partial charge < -0.3 is 5.26 Å². The van der Waals surface area contributed by atoms with Gasteiger partial charge in [0, 0.05) is 17.3 Å². The third-order valence-electron chi connectivity index (χ3n) is 5.18. The van der Waals surface area contributed by atoms with Crippen molar-refractivity contribution in [1.82, 2.24) is 0 Å². The summed E-state index contributed by atoms with van der Waals surface area (Å²) in [6.45, 7) is 11.9. The zero-order valence-corrected chi connectivity index (χ0v) is 15.9. The van der Waals surface area contributed by atoms with Gasteiger partial charge in [0.1, 0.15) is 0 Å². The molecule has 1 saturated carbocycles. The minimum absolute atomic E-state index is 0.431. The summed E-state index contributed by atoms with van der Waals surface area (Å²) in [5.74, 6) is 4.14. The maximum atomic E-state index is 9.88. The quantitative estimate of drug-likeness (QED) is 0.315. The third kappa shape index (κ3) is 8.19. The normalized spacial score (nSPS) is 26.9. The number of rotatable bonds is 10. The smallest absolute Gasteiger partial charge is 0.0342 e. The van der Waals surface area contributed by atoms with E-state index in [0.717, 1.165) is 42.4 Å². The SMILES string of the molecule is CC(C)CC(C)CC(C)CC(C)C1CCC(SOO[O-])CC1. The first kappa shape index (κ1) is 20.3. The molecule has 1 fully saturated rings. The van der Waals surface area contributed by atoms with E-state index in [1.807, 2.05) is 0 Å². The second-order valence-electron chi connectivity index (χ2n) is 8.06. The summed E-state index contributed by atoms with van der Waals surface area (Å²) < 4.78 is 4.47. The van der Waals surface area contributed by atoms with E-state index in [2.05, 4.69) is 44.0 Å². The molecule has 0 amide bonds. The predicted octanol–water partition coefficient (Wildman–Crippen LogP) is 5.15. The van der Waals surface area contributed by atoms with E-state index in [1.165, 1.54) is 44.1 Å². The molecule has 0 spiro atoms. The van der Waals surface area contributed by atoms with E-state index in [-0.39, 0.29) is 0 Å². The van der Waals surface area contributed by atoms with Gasteiger partial charge in [-0.1, -0.05) is 34.6 Å². The molecule has 3 atom stereocenters. The Morgan fingerprint density at radius 3 is 2.05 bits per heavy atom. The van der Waals surface area contributed by atoms with Crippen molar-refractivity contribution >= 4 is 12.0 Å². The molecule has 3 unspecified atom stereocenters. The van der Waals surface area contributed by atoms with Crippen molar-refractivity contribution in [2.45, 2.75) is 84.8 Å². The molecule has 0 aliphatic heterocycles. The van der Waals surface area contributed by atoms with Crippen LogP contribution in [0.25, 0.3) is 0 Å². The van der Waals surface area contributed by atoms with Crippen molar-refractivity contribution in [1.29, 1.82) is 0 Å². The molecule has 0 heterocycles. The Bertz CT molecular complexity index is 278. The van der Waals surface area contributed by atoms with E-state index in [9.17, 15) is 5.26 Å². The largest absolute Gasteiger partial charge is 0.691 e. The Labute approximate surface area is 141 Å². The van der Waals surface area contributed by atoms with Crippen LogP contribution >= 0.6 is 12.0 Å². The molecule has 1 aliphatic carbocycles. The highest BCUT2D eigenvalue weighted by Crippen LogP contribution is 2.38. The molecule has 22 heavy (non-hydrogen) atoms. The Kier molecular flexibility index (Phi) is 10.0.